The monoisotopic (exact) mass is 302 g/mol. The third-order valence-corrected chi connectivity index (χ3v) is 2.56. The van der Waals surface area contributed by atoms with Gasteiger partial charge in [0, 0.05) is 6.54 Å². The van der Waals surface area contributed by atoms with Crippen LogP contribution in [0.3, 0.4) is 0 Å². The van der Waals surface area contributed by atoms with Gasteiger partial charge < -0.3 is 10.1 Å². The number of hydrogen-bond acceptors (Lipinski definition) is 3. The summed E-state index contributed by atoms with van der Waals surface area (Å²) in [5.74, 6) is 0.343. The molecule has 0 saturated carbocycles. The van der Waals surface area contributed by atoms with E-state index < -0.39 is 6.36 Å². The fourth-order valence-electron chi connectivity index (χ4n) is 1.51. The molecular weight excluding hydrogens is 293 g/mol. The van der Waals surface area contributed by atoms with E-state index in [-0.39, 0.29) is 5.75 Å². The molecule has 20 heavy (non-hydrogen) atoms. The summed E-state index contributed by atoms with van der Waals surface area (Å²) in [6.07, 6.45) is -4.68. The Kier molecular flexibility index (Phi) is 4.34. The Morgan fingerprint density at radius 2 is 1.80 bits per heavy atom. The number of nitrogens with one attached hydrogen (secondary N) is 1. The molecule has 1 N–H and O–H groups in total. The van der Waals surface area contributed by atoms with Gasteiger partial charge in [0.15, 0.2) is 0 Å². The number of anilines is 1. The van der Waals surface area contributed by atoms with Crippen molar-refractivity contribution in [2.75, 3.05) is 5.32 Å². The Morgan fingerprint density at radius 1 is 1.10 bits per heavy atom. The predicted molar refractivity (Wildman–Crippen MR) is 69.7 cm³/mol. The summed E-state index contributed by atoms with van der Waals surface area (Å²) in [5.41, 5.74) is 0.793. The van der Waals surface area contributed by atoms with E-state index in [0.717, 1.165) is 5.56 Å². The first-order chi connectivity index (χ1) is 9.42. The van der Waals surface area contributed by atoms with Gasteiger partial charge in [-0.05, 0) is 29.8 Å². The molecule has 0 radical (unpaired) electrons. The molecule has 0 aliphatic heterocycles. The van der Waals surface area contributed by atoms with Crippen LogP contribution in [0.2, 0.25) is 5.15 Å². The second kappa shape index (κ2) is 6.00. The van der Waals surface area contributed by atoms with Crippen molar-refractivity contribution in [2.45, 2.75) is 12.9 Å². The number of pyridine rings is 1. The first kappa shape index (κ1) is 14.5. The van der Waals surface area contributed by atoms with Crippen LogP contribution in [-0.4, -0.2) is 11.3 Å². The van der Waals surface area contributed by atoms with Crippen molar-refractivity contribution < 1.29 is 17.9 Å². The lowest BCUT2D eigenvalue weighted by Gasteiger charge is -2.10. The van der Waals surface area contributed by atoms with E-state index in [0.29, 0.717) is 17.5 Å². The van der Waals surface area contributed by atoms with Crippen molar-refractivity contribution in [3.63, 3.8) is 0 Å². The van der Waals surface area contributed by atoms with E-state index in [9.17, 15) is 13.2 Å². The predicted octanol–water partition coefficient (Wildman–Crippen LogP) is 4.25. The zero-order valence-electron chi connectivity index (χ0n) is 10.1. The van der Waals surface area contributed by atoms with Gasteiger partial charge in [-0.3, -0.25) is 0 Å². The standard InChI is InChI=1S/C13H10ClF3N2O/c14-11-2-1-3-12(19-11)18-8-9-4-6-10(7-5-9)20-13(15,16)17/h1-7H,8H2,(H,18,19). The van der Waals surface area contributed by atoms with Crippen molar-refractivity contribution >= 4 is 17.4 Å². The van der Waals surface area contributed by atoms with Crippen molar-refractivity contribution in [1.82, 2.24) is 4.98 Å². The van der Waals surface area contributed by atoms with Crippen LogP contribution in [0.5, 0.6) is 5.75 Å². The number of alkyl halides is 3. The molecule has 1 aromatic carbocycles. The van der Waals surface area contributed by atoms with Gasteiger partial charge in [0.1, 0.15) is 16.7 Å². The Balaban J connectivity index is 1.94. The first-order valence-corrected chi connectivity index (χ1v) is 6.01. The topological polar surface area (TPSA) is 34.1 Å². The van der Waals surface area contributed by atoms with Crippen molar-refractivity contribution in [1.29, 1.82) is 0 Å². The first-order valence-electron chi connectivity index (χ1n) is 5.63. The molecule has 7 heteroatoms. The third kappa shape index (κ3) is 4.62. The Morgan fingerprint density at radius 3 is 2.40 bits per heavy atom. The van der Waals surface area contributed by atoms with Crippen LogP contribution in [0.25, 0.3) is 0 Å². The number of nitrogens with zero attached hydrogens (tertiary/aromatic N) is 1. The SMILES string of the molecule is FC(F)(F)Oc1ccc(CNc2cccc(Cl)n2)cc1. The fourth-order valence-corrected chi connectivity index (χ4v) is 1.67. The van der Waals surface area contributed by atoms with Crippen LogP contribution in [0, 0.1) is 0 Å². The molecule has 0 saturated heterocycles. The highest BCUT2D eigenvalue weighted by atomic mass is 35.5. The highest BCUT2D eigenvalue weighted by molar-refractivity contribution is 6.29. The quantitative estimate of drug-likeness (QED) is 0.858. The minimum Gasteiger partial charge on any atom is -0.406 e. The van der Waals surface area contributed by atoms with Crippen LogP contribution in [-0.2, 0) is 6.54 Å². The highest BCUT2D eigenvalue weighted by Gasteiger charge is 2.30. The number of rotatable bonds is 4. The van der Waals surface area contributed by atoms with Gasteiger partial charge in [0.05, 0.1) is 0 Å². The third-order valence-electron chi connectivity index (χ3n) is 2.35. The zero-order valence-corrected chi connectivity index (χ0v) is 10.9. The van der Waals surface area contributed by atoms with Gasteiger partial charge in [-0.1, -0.05) is 29.8 Å². The summed E-state index contributed by atoms with van der Waals surface area (Å²) in [7, 11) is 0. The molecule has 0 amide bonds. The van der Waals surface area contributed by atoms with Gasteiger partial charge in [0.2, 0.25) is 0 Å². The molecule has 1 aromatic heterocycles. The molecule has 0 bridgehead atoms. The molecule has 2 rings (SSSR count). The van der Waals surface area contributed by atoms with E-state index in [1.807, 2.05) is 0 Å². The Hall–Kier alpha value is -1.95. The second-order valence-corrected chi connectivity index (χ2v) is 4.28. The lowest BCUT2D eigenvalue weighted by atomic mass is 10.2. The maximum absolute atomic E-state index is 12.0. The minimum atomic E-state index is -4.68. The average Bonchev–Trinajstić information content (AvgIpc) is 2.36. The Labute approximate surface area is 118 Å². The van der Waals surface area contributed by atoms with Gasteiger partial charge >= 0.3 is 6.36 Å². The summed E-state index contributed by atoms with van der Waals surface area (Å²) in [6.45, 7) is 0.416. The summed E-state index contributed by atoms with van der Waals surface area (Å²) in [5, 5.41) is 3.38. The number of aromatic nitrogens is 1. The summed E-state index contributed by atoms with van der Waals surface area (Å²) < 4.78 is 39.8. The molecule has 0 aliphatic carbocycles. The van der Waals surface area contributed by atoms with E-state index in [2.05, 4.69) is 15.0 Å². The van der Waals surface area contributed by atoms with E-state index >= 15 is 0 Å². The molecule has 2 aromatic rings. The summed E-state index contributed by atoms with van der Waals surface area (Å²) >= 11 is 5.73. The van der Waals surface area contributed by atoms with Gasteiger partial charge in [-0.2, -0.15) is 0 Å². The highest BCUT2D eigenvalue weighted by Crippen LogP contribution is 2.23. The average molecular weight is 303 g/mol. The van der Waals surface area contributed by atoms with Crippen LogP contribution >= 0.6 is 11.6 Å². The number of benzene rings is 1. The van der Waals surface area contributed by atoms with E-state index in [4.69, 9.17) is 11.6 Å². The van der Waals surface area contributed by atoms with Gasteiger partial charge in [-0.25, -0.2) is 4.98 Å². The largest absolute Gasteiger partial charge is 0.573 e. The van der Waals surface area contributed by atoms with Gasteiger partial charge in [-0.15, -0.1) is 13.2 Å². The van der Waals surface area contributed by atoms with E-state index in [1.165, 1.54) is 12.1 Å². The maximum atomic E-state index is 12.0. The normalized spacial score (nSPS) is 11.2. The van der Waals surface area contributed by atoms with Crippen LogP contribution in [0.1, 0.15) is 5.56 Å². The van der Waals surface area contributed by atoms with Crippen molar-refractivity contribution in [3.8, 4) is 5.75 Å². The van der Waals surface area contributed by atoms with Crippen LogP contribution in [0.4, 0.5) is 19.0 Å². The minimum absolute atomic E-state index is 0.248. The summed E-state index contributed by atoms with van der Waals surface area (Å²) in [4.78, 5) is 4.04. The molecular formula is C13H10ClF3N2O. The number of halogens is 4. The summed E-state index contributed by atoms with van der Waals surface area (Å²) in [6, 6.07) is 10.7. The number of hydrogen-bond donors (Lipinski definition) is 1. The molecule has 1 heterocycles. The molecule has 0 unspecified atom stereocenters. The molecule has 106 valence electrons. The van der Waals surface area contributed by atoms with Crippen molar-refractivity contribution in [2.24, 2.45) is 0 Å². The van der Waals surface area contributed by atoms with Crippen LogP contribution in [0.15, 0.2) is 42.5 Å². The molecule has 3 nitrogen and oxygen atoms in total. The second-order valence-electron chi connectivity index (χ2n) is 3.89. The zero-order chi connectivity index (χ0) is 14.6. The molecule has 0 atom stereocenters. The maximum Gasteiger partial charge on any atom is 0.573 e. The lowest BCUT2D eigenvalue weighted by molar-refractivity contribution is -0.274. The molecule has 0 fully saturated rings. The van der Waals surface area contributed by atoms with E-state index in [1.54, 1.807) is 30.3 Å². The van der Waals surface area contributed by atoms with Gasteiger partial charge in [0.25, 0.3) is 0 Å². The van der Waals surface area contributed by atoms with Crippen LogP contribution < -0.4 is 10.1 Å². The molecule has 0 aliphatic rings. The number of ether oxygens (including phenoxy) is 1. The smallest absolute Gasteiger partial charge is 0.406 e. The fraction of sp³-hybridized carbons (Fsp3) is 0.154. The van der Waals surface area contributed by atoms with Crippen molar-refractivity contribution in [3.05, 3.63) is 53.2 Å². The lowest BCUT2D eigenvalue weighted by Crippen LogP contribution is -2.17. The Bertz CT molecular complexity index is 573. The molecule has 0 spiro atoms.